The van der Waals surface area contributed by atoms with E-state index >= 15 is 0 Å². The number of hydrogen-bond acceptors (Lipinski definition) is 4. The van der Waals surface area contributed by atoms with Crippen LogP contribution in [0.1, 0.15) is 11.1 Å². The zero-order chi connectivity index (χ0) is 12.3. The zero-order valence-electron chi connectivity index (χ0n) is 9.44. The first-order valence-electron chi connectivity index (χ1n) is 5.18. The third-order valence-corrected chi connectivity index (χ3v) is 2.33. The summed E-state index contributed by atoms with van der Waals surface area (Å²) in [5.74, 6) is 0.625. The highest BCUT2D eigenvalue weighted by Gasteiger charge is 2.01. The number of aromatic nitrogens is 1. The van der Waals surface area contributed by atoms with Crippen LogP contribution in [0, 0.1) is 18.3 Å². The topological polar surface area (TPSA) is 74.7 Å². The molecule has 2 rings (SSSR count). The molecule has 4 heteroatoms. The van der Waals surface area contributed by atoms with Crippen LogP contribution in [0.5, 0.6) is 0 Å². The van der Waals surface area contributed by atoms with Crippen LogP contribution in [-0.4, -0.2) is 4.98 Å². The van der Waals surface area contributed by atoms with Gasteiger partial charge in [-0.1, -0.05) is 0 Å². The quantitative estimate of drug-likeness (QED) is 0.822. The Kier molecular flexibility index (Phi) is 2.93. The first-order chi connectivity index (χ1) is 8.19. The van der Waals surface area contributed by atoms with Crippen LogP contribution in [0.4, 0.5) is 17.2 Å². The average molecular weight is 224 g/mol. The fourth-order valence-electron chi connectivity index (χ4n) is 1.46. The first kappa shape index (κ1) is 11.0. The van der Waals surface area contributed by atoms with E-state index in [4.69, 9.17) is 11.0 Å². The Labute approximate surface area is 99.7 Å². The number of pyridine rings is 1. The third kappa shape index (κ3) is 2.52. The highest BCUT2D eigenvalue weighted by molar-refractivity contribution is 5.69. The van der Waals surface area contributed by atoms with Gasteiger partial charge in [0.1, 0.15) is 0 Å². The minimum absolute atomic E-state index is 0.606. The summed E-state index contributed by atoms with van der Waals surface area (Å²) >= 11 is 0. The lowest BCUT2D eigenvalue weighted by Gasteiger charge is -2.08. The minimum atomic E-state index is 0.606. The van der Waals surface area contributed by atoms with Gasteiger partial charge in [0.2, 0.25) is 0 Å². The van der Waals surface area contributed by atoms with E-state index in [-0.39, 0.29) is 0 Å². The van der Waals surface area contributed by atoms with Gasteiger partial charge in [0, 0.05) is 11.9 Å². The van der Waals surface area contributed by atoms with Gasteiger partial charge in [0.05, 0.1) is 17.3 Å². The molecule has 0 atom stereocenters. The van der Waals surface area contributed by atoms with Gasteiger partial charge in [0.25, 0.3) is 0 Å². The summed E-state index contributed by atoms with van der Waals surface area (Å²) in [7, 11) is 0. The van der Waals surface area contributed by atoms with Crippen molar-refractivity contribution in [3.05, 3.63) is 47.7 Å². The molecule has 1 aromatic carbocycles. The number of benzene rings is 1. The molecule has 0 amide bonds. The number of hydrogen-bond donors (Lipinski definition) is 2. The molecular weight excluding hydrogens is 212 g/mol. The molecule has 1 heterocycles. The van der Waals surface area contributed by atoms with E-state index in [0.29, 0.717) is 17.1 Å². The number of aryl methyl sites for hydroxylation is 1. The second kappa shape index (κ2) is 4.54. The molecule has 84 valence electrons. The van der Waals surface area contributed by atoms with E-state index in [0.717, 1.165) is 11.3 Å². The Bertz CT molecular complexity index is 567. The van der Waals surface area contributed by atoms with Crippen molar-refractivity contribution in [2.24, 2.45) is 0 Å². The van der Waals surface area contributed by atoms with Gasteiger partial charge in [-0.05, 0) is 42.8 Å². The normalized spacial score (nSPS) is 9.65. The van der Waals surface area contributed by atoms with E-state index in [1.807, 2.05) is 25.1 Å². The van der Waals surface area contributed by atoms with Crippen molar-refractivity contribution in [1.82, 2.24) is 4.98 Å². The number of nitrogens with two attached hydrogens (primary N) is 1. The number of nitrogens with one attached hydrogen (secondary N) is 1. The van der Waals surface area contributed by atoms with Crippen LogP contribution in [0.2, 0.25) is 0 Å². The molecule has 0 bridgehead atoms. The maximum atomic E-state index is 8.69. The summed E-state index contributed by atoms with van der Waals surface area (Å²) in [5, 5.41) is 11.8. The predicted molar refractivity (Wildman–Crippen MR) is 67.8 cm³/mol. The summed E-state index contributed by atoms with van der Waals surface area (Å²) in [4.78, 5) is 4.21. The molecule has 1 aromatic heterocycles. The third-order valence-electron chi connectivity index (χ3n) is 2.33. The van der Waals surface area contributed by atoms with Crippen molar-refractivity contribution >= 4 is 17.2 Å². The van der Waals surface area contributed by atoms with Crippen molar-refractivity contribution in [2.45, 2.75) is 6.92 Å². The number of rotatable bonds is 2. The van der Waals surface area contributed by atoms with E-state index in [2.05, 4.69) is 16.4 Å². The average Bonchev–Trinajstić information content (AvgIpc) is 2.34. The largest absolute Gasteiger partial charge is 0.396 e. The Morgan fingerprint density at radius 1 is 1.29 bits per heavy atom. The lowest BCUT2D eigenvalue weighted by atomic mass is 10.2. The van der Waals surface area contributed by atoms with Gasteiger partial charge in [0.15, 0.2) is 5.82 Å². The SMILES string of the molecule is Cc1cnc(Nc2ccc(C#N)cc2)c(N)c1. The molecule has 17 heavy (non-hydrogen) atoms. The predicted octanol–water partition coefficient (Wildman–Crippen LogP) is 2.59. The van der Waals surface area contributed by atoms with Crippen molar-refractivity contribution < 1.29 is 0 Å². The summed E-state index contributed by atoms with van der Waals surface area (Å²) < 4.78 is 0. The van der Waals surface area contributed by atoms with Gasteiger partial charge in [-0.25, -0.2) is 4.98 Å². The van der Waals surface area contributed by atoms with Crippen molar-refractivity contribution in [2.75, 3.05) is 11.1 Å². The highest BCUT2D eigenvalue weighted by Crippen LogP contribution is 2.21. The summed E-state index contributed by atoms with van der Waals surface area (Å²) in [6.45, 7) is 1.94. The summed E-state index contributed by atoms with van der Waals surface area (Å²) in [6, 6.07) is 11.1. The van der Waals surface area contributed by atoms with Crippen LogP contribution in [-0.2, 0) is 0 Å². The van der Waals surface area contributed by atoms with Gasteiger partial charge in [-0.3, -0.25) is 0 Å². The van der Waals surface area contributed by atoms with Crippen LogP contribution in [0.15, 0.2) is 36.5 Å². The molecule has 0 aliphatic heterocycles. The Hall–Kier alpha value is -2.54. The fourth-order valence-corrected chi connectivity index (χ4v) is 1.46. The first-order valence-corrected chi connectivity index (χ1v) is 5.18. The molecule has 0 saturated heterocycles. The van der Waals surface area contributed by atoms with E-state index in [9.17, 15) is 0 Å². The van der Waals surface area contributed by atoms with E-state index in [1.54, 1.807) is 18.3 Å². The number of nitrogens with zero attached hydrogens (tertiary/aromatic N) is 2. The zero-order valence-corrected chi connectivity index (χ0v) is 9.44. The Balaban J connectivity index is 2.23. The van der Waals surface area contributed by atoms with Crippen molar-refractivity contribution in [3.8, 4) is 6.07 Å². The second-order valence-electron chi connectivity index (χ2n) is 3.76. The minimum Gasteiger partial charge on any atom is -0.396 e. The van der Waals surface area contributed by atoms with Crippen LogP contribution < -0.4 is 11.1 Å². The van der Waals surface area contributed by atoms with Crippen LogP contribution in [0.25, 0.3) is 0 Å². The molecule has 0 aliphatic rings. The molecule has 0 aliphatic carbocycles. The van der Waals surface area contributed by atoms with Gasteiger partial charge >= 0.3 is 0 Å². The van der Waals surface area contributed by atoms with Gasteiger partial charge < -0.3 is 11.1 Å². The molecule has 2 aromatic rings. The number of nitrogen functional groups attached to an aromatic ring is 1. The Morgan fingerprint density at radius 3 is 2.59 bits per heavy atom. The maximum Gasteiger partial charge on any atom is 0.153 e. The van der Waals surface area contributed by atoms with Crippen molar-refractivity contribution in [1.29, 1.82) is 5.26 Å². The molecule has 3 N–H and O–H groups in total. The molecule has 0 radical (unpaired) electrons. The van der Waals surface area contributed by atoms with Crippen LogP contribution >= 0.6 is 0 Å². The standard InChI is InChI=1S/C13H12N4/c1-9-6-12(15)13(16-8-9)17-11-4-2-10(7-14)3-5-11/h2-6,8H,15H2,1H3,(H,16,17). The molecule has 0 unspecified atom stereocenters. The van der Waals surface area contributed by atoms with Gasteiger partial charge in [-0.2, -0.15) is 5.26 Å². The smallest absolute Gasteiger partial charge is 0.153 e. The van der Waals surface area contributed by atoms with Crippen LogP contribution in [0.3, 0.4) is 0 Å². The Morgan fingerprint density at radius 2 is 2.00 bits per heavy atom. The van der Waals surface area contributed by atoms with E-state index in [1.165, 1.54) is 0 Å². The number of anilines is 3. The summed E-state index contributed by atoms with van der Waals surface area (Å²) in [6.07, 6.45) is 1.75. The highest BCUT2D eigenvalue weighted by atomic mass is 15.0. The molecule has 0 spiro atoms. The molecular formula is C13H12N4. The molecule has 4 nitrogen and oxygen atoms in total. The molecule has 0 fully saturated rings. The number of nitriles is 1. The van der Waals surface area contributed by atoms with E-state index < -0.39 is 0 Å². The summed E-state index contributed by atoms with van der Waals surface area (Å²) in [5.41, 5.74) is 8.95. The monoisotopic (exact) mass is 224 g/mol. The second-order valence-corrected chi connectivity index (χ2v) is 3.76. The fraction of sp³-hybridized carbons (Fsp3) is 0.0769. The maximum absolute atomic E-state index is 8.69. The van der Waals surface area contributed by atoms with Gasteiger partial charge in [-0.15, -0.1) is 0 Å². The van der Waals surface area contributed by atoms with Crippen molar-refractivity contribution in [3.63, 3.8) is 0 Å². The lowest BCUT2D eigenvalue weighted by Crippen LogP contribution is -1.99. The molecule has 0 saturated carbocycles. The lowest BCUT2D eigenvalue weighted by molar-refractivity contribution is 1.26.